The maximum Gasteiger partial charge on any atom is 0.416 e. The number of nitriles is 1. The Morgan fingerprint density at radius 1 is 1.53 bits per heavy atom. The third-order valence-corrected chi connectivity index (χ3v) is 1.77. The Kier molecular flexibility index (Phi) is 4.05. The molecule has 0 saturated carbocycles. The molecule has 0 aliphatic rings. The van der Waals surface area contributed by atoms with E-state index in [0.29, 0.717) is 5.82 Å². The quantitative estimate of drug-likeness (QED) is 0.735. The van der Waals surface area contributed by atoms with Crippen LogP contribution in [-0.4, -0.2) is 23.2 Å². The fourth-order valence-corrected chi connectivity index (χ4v) is 1.14. The number of pyridine rings is 1. The van der Waals surface area contributed by atoms with Crippen LogP contribution in [0, 0.1) is 11.3 Å². The van der Waals surface area contributed by atoms with Crippen LogP contribution in [0.2, 0.25) is 0 Å². The van der Waals surface area contributed by atoms with Gasteiger partial charge >= 0.3 is 6.09 Å². The van der Waals surface area contributed by atoms with Crippen LogP contribution in [0.15, 0.2) is 24.4 Å². The smallest absolute Gasteiger partial charge is 0.416 e. The Bertz CT molecular complexity index is 418. The number of hydrogen-bond donors (Lipinski definition) is 0. The molecule has 0 aliphatic heterocycles. The highest BCUT2D eigenvalue weighted by Gasteiger charge is 2.23. The van der Waals surface area contributed by atoms with Crippen molar-refractivity contribution in [1.82, 2.24) is 4.98 Å². The van der Waals surface area contributed by atoms with Crippen molar-refractivity contribution in [3.63, 3.8) is 0 Å². The van der Waals surface area contributed by atoms with Crippen molar-refractivity contribution in [1.29, 1.82) is 5.26 Å². The van der Waals surface area contributed by atoms with E-state index in [1.807, 2.05) is 6.07 Å². The highest BCUT2D eigenvalue weighted by Crippen LogP contribution is 2.15. The number of rotatable bonds is 2. The summed E-state index contributed by atoms with van der Waals surface area (Å²) in [6.45, 7) is 5.22. The molecule has 0 spiro atoms. The molecule has 0 N–H and O–H groups in total. The Morgan fingerprint density at radius 2 is 2.24 bits per heavy atom. The molecule has 1 rings (SSSR count). The van der Waals surface area contributed by atoms with Gasteiger partial charge in [-0.15, -0.1) is 0 Å². The van der Waals surface area contributed by atoms with Crippen molar-refractivity contribution in [3.05, 3.63) is 24.4 Å². The first-order valence-corrected chi connectivity index (χ1v) is 5.22. The van der Waals surface area contributed by atoms with E-state index < -0.39 is 11.7 Å². The second-order valence-electron chi connectivity index (χ2n) is 4.41. The van der Waals surface area contributed by atoms with Gasteiger partial charge in [0.2, 0.25) is 0 Å². The highest BCUT2D eigenvalue weighted by molar-refractivity contribution is 5.87. The van der Waals surface area contributed by atoms with Gasteiger partial charge in [-0.05, 0) is 32.9 Å². The normalized spacial score (nSPS) is 10.5. The number of aromatic nitrogens is 1. The van der Waals surface area contributed by atoms with Crippen molar-refractivity contribution in [2.24, 2.45) is 0 Å². The molecule has 0 radical (unpaired) electrons. The van der Waals surface area contributed by atoms with Crippen molar-refractivity contribution < 1.29 is 9.53 Å². The molecule has 1 aromatic rings. The number of hydrogen-bond acceptors (Lipinski definition) is 4. The van der Waals surface area contributed by atoms with Crippen LogP contribution in [0.1, 0.15) is 20.8 Å². The number of carbonyl (C=O) groups is 1. The Balaban J connectivity index is 2.88. The van der Waals surface area contributed by atoms with Gasteiger partial charge in [0.15, 0.2) is 0 Å². The minimum Gasteiger partial charge on any atom is -0.443 e. The van der Waals surface area contributed by atoms with E-state index in [1.54, 1.807) is 45.2 Å². The molecule has 0 atom stereocenters. The third kappa shape index (κ3) is 4.11. The molecule has 17 heavy (non-hydrogen) atoms. The molecule has 5 nitrogen and oxygen atoms in total. The summed E-state index contributed by atoms with van der Waals surface area (Å²) >= 11 is 0. The SMILES string of the molecule is CC(C)(C)OC(=O)N(CC#N)c1ccccn1. The van der Waals surface area contributed by atoms with Crippen molar-refractivity contribution in [2.45, 2.75) is 26.4 Å². The lowest BCUT2D eigenvalue weighted by Crippen LogP contribution is -2.37. The summed E-state index contributed by atoms with van der Waals surface area (Å²) in [5.41, 5.74) is -0.598. The van der Waals surface area contributed by atoms with E-state index in [9.17, 15) is 4.79 Å². The molecular weight excluding hydrogens is 218 g/mol. The monoisotopic (exact) mass is 233 g/mol. The summed E-state index contributed by atoms with van der Waals surface area (Å²) in [7, 11) is 0. The van der Waals surface area contributed by atoms with Crippen LogP contribution >= 0.6 is 0 Å². The van der Waals surface area contributed by atoms with Crippen molar-refractivity contribution in [3.8, 4) is 6.07 Å². The van der Waals surface area contributed by atoms with Crippen LogP contribution in [0.4, 0.5) is 10.6 Å². The average Bonchev–Trinajstić information content (AvgIpc) is 2.24. The first kappa shape index (κ1) is 13.0. The summed E-state index contributed by atoms with van der Waals surface area (Å²) in [5, 5.41) is 8.72. The minimum atomic E-state index is -0.598. The van der Waals surface area contributed by atoms with E-state index >= 15 is 0 Å². The number of carbonyl (C=O) groups excluding carboxylic acids is 1. The van der Waals surface area contributed by atoms with E-state index in [1.165, 1.54) is 4.90 Å². The summed E-state index contributed by atoms with van der Waals surface area (Å²) in [5.74, 6) is 0.406. The Hall–Kier alpha value is -2.09. The highest BCUT2D eigenvalue weighted by atomic mass is 16.6. The minimum absolute atomic E-state index is 0.0913. The maximum absolute atomic E-state index is 11.9. The molecule has 0 aromatic carbocycles. The molecule has 1 aromatic heterocycles. The molecule has 0 saturated heterocycles. The van der Waals surface area contributed by atoms with E-state index in [-0.39, 0.29) is 6.54 Å². The van der Waals surface area contributed by atoms with Crippen LogP contribution in [0.25, 0.3) is 0 Å². The molecule has 1 heterocycles. The lowest BCUT2D eigenvalue weighted by molar-refractivity contribution is 0.0584. The van der Waals surface area contributed by atoms with Crippen LogP contribution in [0.3, 0.4) is 0 Å². The fourth-order valence-electron chi connectivity index (χ4n) is 1.14. The van der Waals surface area contributed by atoms with Gasteiger partial charge in [-0.1, -0.05) is 6.07 Å². The maximum atomic E-state index is 11.9. The average molecular weight is 233 g/mol. The van der Waals surface area contributed by atoms with Gasteiger partial charge in [-0.2, -0.15) is 5.26 Å². The topological polar surface area (TPSA) is 66.2 Å². The number of nitrogens with zero attached hydrogens (tertiary/aromatic N) is 3. The van der Waals surface area contributed by atoms with Crippen molar-refractivity contribution >= 4 is 11.9 Å². The van der Waals surface area contributed by atoms with Gasteiger partial charge in [0.1, 0.15) is 18.0 Å². The largest absolute Gasteiger partial charge is 0.443 e. The van der Waals surface area contributed by atoms with Crippen molar-refractivity contribution in [2.75, 3.05) is 11.4 Å². The lowest BCUT2D eigenvalue weighted by Gasteiger charge is -2.25. The number of ether oxygens (including phenoxy) is 1. The molecule has 0 fully saturated rings. The van der Waals surface area contributed by atoms with Gasteiger partial charge < -0.3 is 4.74 Å². The second kappa shape index (κ2) is 5.30. The molecule has 90 valence electrons. The standard InChI is InChI=1S/C12H15N3O2/c1-12(2,3)17-11(16)15(9-7-13)10-6-4-5-8-14-10/h4-6,8H,9H2,1-3H3. The Morgan fingerprint density at radius 3 is 2.71 bits per heavy atom. The zero-order chi connectivity index (χ0) is 12.9. The van der Waals surface area contributed by atoms with Gasteiger partial charge in [0.05, 0.1) is 6.07 Å². The van der Waals surface area contributed by atoms with Crippen LogP contribution in [-0.2, 0) is 4.74 Å². The molecule has 0 unspecified atom stereocenters. The molecule has 0 bridgehead atoms. The van der Waals surface area contributed by atoms with Gasteiger partial charge in [0.25, 0.3) is 0 Å². The van der Waals surface area contributed by atoms with Gasteiger partial charge in [0, 0.05) is 6.20 Å². The summed E-state index contributed by atoms with van der Waals surface area (Å²) < 4.78 is 5.20. The summed E-state index contributed by atoms with van der Waals surface area (Å²) in [6, 6.07) is 7.06. The fraction of sp³-hybridized carbons (Fsp3) is 0.417. The van der Waals surface area contributed by atoms with Gasteiger partial charge in [-0.3, -0.25) is 0 Å². The summed E-state index contributed by atoms with van der Waals surface area (Å²) in [6.07, 6.45) is 0.988. The Labute approximate surface area is 101 Å². The van der Waals surface area contributed by atoms with E-state index in [4.69, 9.17) is 10.00 Å². The first-order valence-electron chi connectivity index (χ1n) is 5.22. The van der Waals surface area contributed by atoms with Crippen LogP contribution < -0.4 is 4.90 Å². The zero-order valence-electron chi connectivity index (χ0n) is 10.2. The molecule has 0 aliphatic carbocycles. The van der Waals surface area contributed by atoms with E-state index in [0.717, 1.165) is 0 Å². The first-order chi connectivity index (χ1) is 7.94. The molecular formula is C12H15N3O2. The van der Waals surface area contributed by atoms with Gasteiger partial charge in [-0.25, -0.2) is 14.7 Å². The van der Waals surface area contributed by atoms with E-state index in [2.05, 4.69) is 4.98 Å². The summed E-state index contributed by atoms with van der Waals surface area (Å²) in [4.78, 5) is 17.1. The number of anilines is 1. The molecule has 5 heteroatoms. The second-order valence-corrected chi connectivity index (χ2v) is 4.41. The number of amides is 1. The predicted molar refractivity (Wildman–Crippen MR) is 63.4 cm³/mol. The zero-order valence-corrected chi connectivity index (χ0v) is 10.2. The predicted octanol–water partition coefficient (Wildman–Crippen LogP) is 2.35. The lowest BCUT2D eigenvalue weighted by atomic mass is 10.2. The molecule has 1 amide bonds. The van der Waals surface area contributed by atoms with Crippen LogP contribution in [0.5, 0.6) is 0 Å². The third-order valence-electron chi connectivity index (χ3n) is 1.77.